The summed E-state index contributed by atoms with van der Waals surface area (Å²) in [7, 11) is 0. The van der Waals surface area contributed by atoms with Crippen molar-refractivity contribution < 1.29 is 9.59 Å². The fourth-order valence-corrected chi connectivity index (χ4v) is 3.49. The summed E-state index contributed by atoms with van der Waals surface area (Å²) < 4.78 is 1.32. The average Bonchev–Trinajstić information content (AvgIpc) is 3.02. The molecule has 1 aromatic heterocycles. The molecule has 1 amide bonds. The van der Waals surface area contributed by atoms with Crippen LogP contribution in [0.25, 0.3) is 11.4 Å². The predicted octanol–water partition coefficient (Wildman–Crippen LogP) is 3.63. The number of hydrogen-bond acceptors (Lipinski definition) is 6. The summed E-state index contributed by atoms with van der Waals surface area (Å²) in [6, 6.07) is 14.0. The molecule has 28 heavy (non-hydrogen) atoms. The van der Waals surface area contributed by atoms with Crippen molar-refractivity contribution in [2.24, 2.45) is 0 Å². The number of nitrogens with one attached hydrogen (secondary N) is 1. The van der Waals surface area contributed by atoms with E-state index >= 15 is 0 Å². The first-order chi connectivity index (χ1) is 13.4. The van der Waals surface area contributed by atoms with Gasteiger partial charge in [-0.3, -0.25) is 9.59 Å². The molecule has 3 aromatic rings. The van der Waals surface area contributed by atoms with Crippen LogP contribution in [0.1, 0.15) is 24.2 Å². The van der Waals surface area contributed by atoms with E-state index in [1.807, 2.05) is 6.07 Å². The highest BCUT2D eigenvalue weighted by atomic mass is 35.5. The fourth-order valence-electron chi connectivity index (χ4n) is 2.53. The minimum atomic E-state index is -0.515. The first-order valence-electron chi connectivity index (χ1n) is 8.40. The summed E-state index contributed by atoms with van der Waals surface area (Å²) in [6.45, 7) is 3.18. The predicted molar refractivity (Wildman–Crippen MR) is 111 cm³/mol. The van der Waals surface area contributed by atoms with Crippen molar-refractivity contribution in [2.75, 3.05) is 11.2 Å². The molecule has 7 nitrogen and oxygen atoms in total. The third kappa shape index (κ3) is 4.35. The Labute approximate surface area is 171 Å². The Morgan fingerprint density at radius 3 is 2.64 bits per heavy atom. The van der Waals surface area contributed by atoms with Gasteiger partial charge in [0.15, 0.2) is 11.6 Å². The van der Waals surface area contributed by atoms with Crippen LogP contribution in [0.3, 0.4) is 0 Å². The third-order valence-electron chi connectivity index (χ3n) is 3.96. The van der Waals surface area contributed by atoms with Crippen LogP contribution < -0.4 is 11.2 Å². The minimum absolute atomic E-state index is 0.121. The van der Waals surface area contributed by atoms with Gasteiger partial charge in [0.2, 0.25) is 11.1 Å². The molecule has 0 fully saturated rings. The van der Waals surface area contributed by atoms with Gasteiger partial charge in [-0.15, -0.1) is 10.2 Å². The number of para-hydroxylation sites is 1. The first-order valence-corrected chi connectivity index (χ1v) is 9.66. The Kier molecular flexibility index (Phi) is 6.01. The van der Waals surface area contributed by atoms with Crippen molar-refractivity contribution in [3.8, 4) is 11.4 Å². The lowest BCUT2D eigenvalue weighted by molar-refractivity contribution is -0.115. The summed E-state index contributed by atoms with van der Waals surface area (Å²) in [5, 5.41) is 11.4. The lowest BCUT2D eigenvalue weighted by atomic mass is 10.1. The SMILES string of the molecule is CC(=O)c1ccccc1NC(=O)[C@@H](C)Sc1nnc(-c2cccc(Cl)c2)n1N. The van der Waals surface area contributed by atoms with Crippen LogP contribution in [0, 0.1) is 0 Å². The van der Waals surface area contributed by atoms with Crippen molar-refractivity contribution in [2.45, 2.75) is 24.3 Å². The first kappa shape index (κ1) is 19.9. The fraction of sp³-hybridized carbons (Fsp3) is 0.158. The maximum absolute atomic E-state index is 12.6. The molecule has 0 bridgehead atoms. The number of halogens is 1. The number of thioether (sulfide) groups is 1. The van der Waals surface area contributed by atoms with E-state index in [4.69, 9.17) is 17.4 Å². The second-order valence-corrected chi connectivity index (χ2v) is 7.78. The van der Waals surface area contributed by atoms with E-state index in [1.165, 1.54) is 23.4 Å². The van der Waals surface area contributed by atoms with E-state index in [0.29, 0.717) is 27.3 Å². The number of anilines is 1. The second kappa shape index (κ2) is 8.45. The molecule has 0 saturated carbocycles. The molecule has 0 aliphatic rings. The normalized spacial score (nSPS) is 11.8. The number of nitrogen functional groups attached to an aromatic ring is 1. The number of rotatable bonds is 6. The van der Waals surface area contributed by atoms with Crippen LogP contribution in [-0.2, 0) is 4.79 Å². The van der Waals surface area contributed by atoms with Crippen LogP contribution in [-0.4, -0.2) is 31.8 Å². The van der Waals surface area contributed by atoms with E-state index in [9.17, 15) is 9.59 Å². The molecule has 3 rings (SSSR count). The van der Waals surface area contributed by atoms with Gasteiger partial charge in [0.05, 0.1) is 10.9 Å². The summed E-state index contributed by atoms with van der Waals surface area (Å²) in [5.41, 5.74) is 1.65. The Morgan fingerprint density at radius 2 is 1.93 bits per heavy atom. The molecular formula is C19H18ClN5O2S. The molecule has 0 aliphatic heterocycles. The monoisotopic (exact) mass is 415 g/mol. The average molecular weight is 416 g/mol. The van der Waals surface area contributed by atoms with Crippen LogP contribution in [0.2, 0.25) is 5.02 Å². The highest BCUT2D eigenvalue weighted by Crippen LogP contribution is 2.27. The third-order valence-corrected chi connectivity index (χ3v) is 5.25. The van der Waals surface area contributed by atoms with Crippen LogP contribution in [0.15, 0.2) is 53.7 Å². The molecule has 0 spiro atoms. The van der Waals surface area contributed by atoms with Crippen LogP contribution >= 0.6 is 23.4 Å². The molecule has 1 heterocycles. The lowest BCUT2D eigenvalue weighted by Crippen LogP contribution is -2.24. The maximum atomic E-state index is 12.6. The van der Waals surface area contributed by atoms with Crippen LogP contribution in [0.4, 0.5) is 5.69 Å². The number of Topliss-reactive ketones (excluding diaryl/α,β-unsaturated/α-hetero) is 1. The summed E-state index contributed by atoms with van der Waals surface area (Å²) >= 11 is 7.18. The summed E-state index contributed by atoms with van der Waals surface area (Å²) in [4.78, 5) is 24.3. The van der Waals surface area contributed by atoms with Crippen molar-refractivity contribution in [3.63, 3.8) is 0 Å². The standard InChI is InChI=1S/C19H18ClN5O2S/c1-11(26)15-8-3-4-9-16(15)22-18(27)12(2)28-19-24-23-17(25(19)21)13-6-5-7-14(20)10-13/h3-10,12H,21H2,1-2H3,(H,22,27)/t12-/m1/s1. The lowest BCUT2D eigenvalue weighted by Gasteiger charge is -2.13. The number of ketones is 1. The highest BCUT2D eigenvalue weighted by molar-refractivity contribution is 8.00. The number of carbonyl (C=O) groups is 2. The smallest absolute Gasteiger partial charge is 0.237 e. The van der Waals surface area contributed by atoms with Crippen LogP contribution in [0.5, 0.6) is 0 Å². The Bertz CT molecular complexity index is 1040. The zero-order chi connectivity index (χ0) is 20.3. The zero-order valence-electron chi connectivity index (χ0n) is 15.2. The van der Waals surface area contributed by atoms with E-state index in [0.717, 1.165) is 5.56 Å². The molecule has 0 saturated heterocycles. The van der Waals surface area contributed by atoms with Gasteiger partial charge in [-0.1, -0.05) is 47.6 Å². The molecule has 3 N–H and O–H groups in total. The quantitative estimate of drug-likeness (QED) is 0.362. The number of hydrogen-bond donors (Lipinski definition) is 2. The molecule has 9 heteroatoms. The summed E-state index contributed by atoms with van der Waals surface area (Å²) in [6.07, 6.45) is 0. The highest BCUT2D eigenvalue weighted by Gasteiger charge is 2.21. The van der Waals surface area contributed by atoms with E-state index in [2.05, 4.69) is 15.5 Å². The van der Waals surface area contributed by atoms with Gasteiger partial charge < -0.3 is 11.2 Å². The zero-order valence-corrected chi connectivity index (χ0v) is 16.8. The number of carbonyl (C=O) groups excluding carboxylic acids is 2. The molecule has 0 aliphatic carbocycles. The Hall–Kier alpha value is -2.84. The van der Waals surface area contributed by atoms with Gasteiger partial charge in [-0.2, -0.15) is 0 Å². The van der Waals surface area contributed by atoms with Gasteiger partial charge in [0.25, 0.3) is 0 Å². The number of amides is 1. The van der Waals surface area contributed by atoms with Gasteiger partial charge in [-0.25, -0.2) is 4.68 Å². The Morgan fingerprint density at radius 1 is 1.18 bits per heavy atom. The topological polar surface area (TPSA) is 103 Å². The molecule has 1 atom stereocenters. The second-order valence-electron chi connectivity index (χ2n) is 6.04. The van der Waals surface area contributed by atoms with Crippen molar-refractivity contribution in [1.82, 2.24) is 14.9 Å². The minimum Gasteiger partial charge on any atom is -0.335 e. The number of aromatic nitrogens is 3. The number of benzene rings is 2. The maximum Gasteiger partial charge on any atom is 0.237 e. The molecule has 2 aromatic carbocycles. The number of nitrogens with two attached hydrogens (primary N) is 1. The van der Waals surface area contributed by atoms with E-state index < -0.39 is 5.25 Å². The molecule has 144 valence electrons. The molecule has 0 unspecified atom stereocenters. The molecular weight excluding hydrogens is 398 g/mol. The molecule has 0 radical (unpaired) electrons. The largest absolute Gasteiger partial charge is 0.335 e. The number of nitrogens with zero attached hydrogens (tertiary/aromatic N) is 3. The van der Waals surface area contributed by atoms with E-state index in [1.54, 1.807) is 49.4 Å². The van der Waals surface area contributed by atoms with Gasteiger partial charge in [-0.05, 0) is 38.1 Å². The van der Waals surface area contributed by atoms with E-state index in [-0.39, 0.29) is 11.7 Å². The van der Waals surface area contributed by atoms with Gasteiger partial charge >= 0.3 is 0 Å². The van der Waals surface area contributed by atoms with Gasteiger partial charge in [0.1, 0.15) is 0 Å². The van der Waals surface area contributed by atoms with Gasteiger partial charge in [0, 0.05) is 16.1 Å². The van der Waals surface area contributed by atoms with Crippen molar-refractivity contribution in [1.29, 1.82) is 0 Å². The van der Waals surface area contributed by atoms with Crippen molar-refractivity contribution >= 4 is 40.7 Å². The summed E-state index contributed by atoms with van der Waals surface area (Å²) in [5.74, 6) is 6.15. The Balaban J connectivity index is 1.74. The van der Waals surface area contributed by atoms with Crippen molar-refractivity contribution in [3.05, 3.63) is 59.1 Å².